The number of hydrogen-bond acceptors (Lipinski definition) is 1. The lowest BCUT2D eigenvalue weighted by Crippen LogP contribution is -2.25. The summed E-state index contributed by atoms with van der Waals surface area (Å²) in [6, 6.07) is 21.6. The largest absolute Gasteiger partial charge is 0.325 e. The van der Waals surface area contributed by atoms with Gasteiger partial charge in [-0.1, -0.05) is 107 Å². The van der Waals surface area contributed by atoms with E-state index < -0.39 is 15.7 Å². The molecule has 2 aromatic carbocycles. The predicted molar refractivity (Wildman–Crippen MR) is 118 cm³/mol. The van der Waals surface area contributed by atoms with E-state index in [2.05, 4.69) is 107 Å². The van der Waals surface area contributed by atoms with Gasteiger partial charge >= 0.3 is 0 Å². The van der Waals surface area contributed by atoms with Crippen molar-refractivity contribution < 1.29 is 4.57 Å². The van der Waals surface area contributed by atoms with Crippen molar-refractivity contribution in [3.63, 3.8) is 0 Å². The monoisotopic (exact) mass is 382 g/mol. The Bertz CT molecular complexity index is 777. The topological polar surface area (TPSA) is 17.1 Å². The lowest BCUT2D eigenvalue weighted by Gasteiger charge is -2.32. The van der Waals surface area contributed by atoms with Crippen LogP contribution in [0, 0.1) is 0 Å². The zero-order valence-electron chi connectivity index (χ0n) is 16.0. The average Bonchev–Trinajstić information content (AvgIpc) is 3.12. The molecule has 1 unspecified atom stereocenters. The Kier molecular flexibility index (Phi) is 6.01. The second kappa shape index (κ2) is 8.08. The Morgan fingerprint density at radius 3 is 1.88 bits per heavy atom. The quantitative estimate of drug-likeness (QED) is 0.604. The molecule has 0 bridgehead atoms. The van der Waals surface area contributed by atoms with Crippen LogP contribution >= 0.6 is 15.7 Å². The normalized spacial score (nSPS) is 19.4. The molecule has 0 amide bonds. The molecule has 3 heteroatoms. The van der Waals surface area contributed by atoms with Gasteiger partial charge in [-0.3, -0.25) is 0 Å². The van der Waals surface area contributed by atoms with Crippen LogP contribution in [0.3, 0.4) is 0 Å². The van der Waals surface area contributed by atoms with E-state index in [9.17, 15) is 4.57 Å². The molecule has 2 aromatic rings. The van der Waals surface area contributed by atoms with Crippen molar-refractivity contribution in [2.75, 3.05) is 0 Å². The summed E-state index contributed by atoms with van der Waals surface area (Å²) >= 11 is 0. The van der Waals surface area contributed by atoms with Crippen LogP contribution in [0.15, 0.2) is 84.5 Å². The molecule has 0 aliphatic heterocycles. The standard InChI is InChI=1S/C23H28OP2/c1-18(21-16-11-17-22(21)26(24)23(2,3)4)25(19-12-7-5-8-13-19)20-14-9-6-10-15-20/h5-18,22,26H,1-4H3/t18-,22?/m0/s1. The fourth-order valence-corrected chi connectivity index (χ4v) is 8.25. The molecule has 0 heterocycles. The second-order valence-corrected chi connectivity index (χ2v) is 13.3. The third-order valence-electron chi connectivity index (χ3n) is 4.91. The molecule has 0 fully saturated rings. The van der Waals surface area contributed by atoms with Crippen molar-refractivity contribution >= 4 is 26.3 Å². The third-order valence-corrected chi connectivity index (χ3v) is 10.3. The summed E-state index contributed by atoms with van der Waals surface area (Å²) in [4.78, 5) is 0. The van der Waals surface area contributed by atoms with Crippen LogP contribution in [0.5, 0.6) is 0 Å². The van der Waals surface area contributed by atoms with Crippen molar-refractivity contribution in [2.45, 2.75) is 44.2 Å². The lowest BCUT2D eigenvalue weighted by atomic mass is 10.2. The summed E-state index contributed by atoms with van der Waals surface area (Å²) in [6.45, 7) is 8.61. The maximum atomic E-state index is 13.2. The second-order valence-electron chi connectivity index (χ2n) is 7.86. The van der Waals surface area contributed by atoms with E-state index in [1.54, 1.807) is 0 Å². The van der Waals surface area contributed by atoms with Crippen LogP contribution < -0.4 is 10.6 Å². The summed E-state index contributed by atoms with van der Waals surface area (Å²) in [6.07, 6.45) is 6.47. The first-order valence-corrected chi connectivity index (χ1v) is 12.1. The maximum Gasteiger partial charge on any atom is 0.0916 e. The minimum atomic E-state index is -1.77. The molecule has 0 saturated carbocycles. The maximum absolute atomic E-state index is 13.2. The molecule has 0 saturated heterocycles. The van der Waals surface area contributed by atoms with Crippen LogP contribution in [-0.4, -0.2) is 16.5 Å². The molecule has 136 valence electrons. The highest BCUT2D eigenvalue weighted by atomic mass is 31.1. The fourth-order valence-electron chi connectivity index (χ4n) is 3.52. The SMILES string of the molecule is C[C@@H](C1=CC=CC1[P@@H](=O)C(C)(C)C)P(c1ccccc1)c1ccccc1. The Balaban J connectivity index is 1.99. The molecular formula is C23H28OP2. The summed E-state index contributed by atoms with van der Waals surface area (Å²) in [5, 5.41) is 2.61. The smallest absolute Gasteiger partial charge is 0.0916 e. The first kappa shape index (κ1) is 19.3. The van der Waals surface area contributed by atoms with E-state index in [4.69, 9.17) is 0 Å². The average molecular weight is 382 g/mol. The predicted octanol–water partition coefficient (Wildman–Crippen LogP) is 5.73. The van der Waals surface area contributed by atoms with Gasteiger partial charge in [-0.15, -0.1) is 0 Å². The van der Waals surface area contributed by atoms with Crippen molar-refractivity contribution in [1.29, 1.82) is 0 Å². The van der Waals surface area contributed by atoms with Crippen LogP contribution in [0.1, 0.15) is 27.7 Å². The van der Waals surface area contributed by atoms with Crippen LogP contribution in [0.2, 0.25) is 0 Å². The zero-order valence-corrected chi connectivity index (χ0v) is 17.9. The molecule has 1 nitrogen and oxygen atoms in total. The van der Waals surface area contributed by atoms with Gasteiger partial charge < -0.3 is 4.57 Å². The number of allylic oxidation sites excluding steroid dienone is 4. The highest BCUT2D eigenvalue weighted by Gasteiger charge is 2.35. The molecule has 0 aromatic heterocycles. The van der Waals surface area contributed by atoms with Crippen LogP contribution in [-0.2, 0) is 4.57 Å². The Labute approximate surface area is 159 Å². The Morgan fingerprint density at radius 1 is 0.923 bits per heavy atom. The van der Waals surface area contributed by atoms with Gasteiger partial charge in [-0.05, 0) is 24.1 Å². The highest BCUT2D eigenvalue weighted by molar-refractivity contribution is 7.73. The molecule has 3 rings (SSSR count). The lowest BCUT2D eigenvalue weighted by molar-refractivity contribution is 0.562. The van der Waals surface area contributed by atoms with Crippen molar-refractivity contribution in [3.05, 3.63) is 84.5 Å². The zero-order chi connectivity index (χ0) is 18.7. The van der Waals surface area contributed by atoms with Crippen LogP contribution in [0.25, 0.3) is 0 Å². The highest BCUT2D eigenvalue weighted by Crippen LogP contribution is 2.53. The summed E-state index contributed by atoms with van der Waals surface area (Å²) in [7, 11) is -2.31. The molecule has 3 atom stereocenters. The summed E-state index contributed by atoms with van der Waals surface area (Å²) in [5.41, 5.74) is 1.78. The molecule has 1 aliphatic carbocycles. The first-order valence-electron chi connectivity index (χ1n) is 9.21. The van der Waals surface area contributed by atoms with Gasteiger partial charge in [-0.2, -0.15) is 0 Å². The van der Waals surface area contributed by atoms with E-state index in [1.807, 2.05) is 0 Å². The Morgan fingerprint density at radius 2 is 1.42 bits per heavy atom. The molecule has 0 radical (unpaired) electrons. The van der Waals surface area contributed by atoms with E-state index in [0.29, 0.717) is 5.66 Å². The molecule has 26 heavy (non-hydrogen) atoms. The molecule has 0 spiro atoms. The van der Waals surface area contributed by atoms with E-state index >= 15 is 0 Å². The minimum absolute atomic E-state index is 0.0902. The van der Waals surface area contributed by atoms with Crippen LogP contribution in [0.4, 0.5) is 0 Å². The first-order chi connectivity index (χ1) is 12.4. The van der Waals surface area contributed by atoms with Crippen molar-refractivity contribution in [3.8, 4) is 0 Å². The molecular weight excluding hydrogens is 354 g/mol. The van der Waals surface area contributed by atoms with Gasteiger partial charge in [0.25, 0.3) is 0 Å². The number of hydrogen-bond donors (Lipinski definition) is 0. The number of benzene rings is 2. The third kappa shape index (κ3) is 4.11. The van der Waals surface area contributed by atoms with Gasteiger partial charge in [0, 0.05) is 10.8 Å². The molecule has 1 aliphatic rings. The minimum Gasteiger partial charge on any atom is -0.325 e. The molecule has 0 N–H and O–H groups in total. The summed E-state index contributed by atoms with van der Waals surface area (Å²) in [5.74, 6) is 0. The number of rotatable bonds is 5. The van der Waals surface area contributed by atoms with E-state index in [-0.39, 0.29) is 10.8 Å². The van der Waals surface area contributed by atoms with E-state index in [1.165, 1.54) is 16.2 Å². The van der Waals surface area contributed by atoms with Gasteiger partial charge in [0.1, 0.15) is 0 Å². The van der Waals surface area contributed by atoms with Gasteiger partial charge in [0.15, 0.2) is 0 Å². The van der Waals surface area contributed by atoms with Gasteiger partial charge in [0.2, 0.25) is 0 Å². The van der Waals surface area contributed by atoms with E-state index in [0.717, 1.165) is 0 Å². The van der Waals surface area contributed by atoms with Gasteiger partial charge in [0.05, 0.1) is 13.5 Å². The van der Waals surface area contributed by atoms with Crippen molar-refractivity contribution in [2.24, 2.45) is 0 Å². The van der Waals surface area contributed by atoms with Crippen molar-refractivity contribution in [1.82, 2.24) is 0 Å². The summed E-state index contributed by atoms with van der Waals surface area (Å²) < 4.78 is 13.2. The van der Waals surface area contributed by atoms with Gasteiger partial charge in [-0.25, -0.2) is 0 Å². The Hall–Kier alpha value is -1.42. The fraction of sp³-hybridized carbons (Fsp3) is 0.304.